The highest BCUT2D eigenvalue weighted by Crippen LogP contribution is 2.24. The largest absolute Gasteiger partial charge is 0.325 e. The van der Waals surface area contributed by atoms with Gasteiger partial charge in [0.15, 0.2) is 0 Å². The van der Waals surface area contributed by atoms with Crippen molar-refractivity contribution in [3.05, 3.63) is 78.4 Å². The molecule has 0 spiro atoms. The SMILES string of the molecule is O=C(CCN1CCC(CCc2ccccc2)CC1)Nc1cccc2ccccc12. The van der Waals surface area contributed by atoms with Crippen LogP contribution in [0.5, 0.6) is 0 Å². The second-order valence-electron chi connectivity index (χ2n) is 8.13. The van der Waals surface area contributed by atoms with Gasteiger partial charge in [-0.05, 0) is 61.7 Å². The molecule has 0 saturated carbocycles. The molecule has 150 valence electrons. The van der Waals surface area contributed by atoms with Crippen LogP contribution in [0.3, 0.4) is 0 Å². The maximum atomic E-state index is 12.5. The lowest BCUT2D eigenvalue weighted by Gasteiger charge is -2.31. The second kappa shape index (κ2) is 9.71. The lowest BCUT2D eigenvalue weighted by molar-refractivity contribution is -0.116. The number of carbonyl (C=O) groups is 1. The molecule has 1 aliphatic rings. The topological polar surface area (TPSA) is 32.3 Å². The fourth-order valence-electron chi connectivity index (χ4n) is 4.32. The maximum absolute atomic E-state index is 12.5. The third-order valence-electron chi connectivity index (χ3n) is 6.11. The minimum Gasteiger partial charge on any atom is -0.325 e. The summed E-state index contributed by atoms with van der Waals surface area (Å²) in [6.45, 7) is 3.07. The van der Waals surface area contributed by atoms with Crippen LogP contribution < -0.4 is 5.32 Å². The van der Waals surface area contributed by atoms with E-state index in [-0.39, 0.29) is 5.91 Å². The number of amides is 1. The van der Waals surface area contributed by atoms with Crippen molar-refractivity contribution < 1.29 is 4.79 Å². The van der Waals surface area contributed by atoms with Crippen LogP contribution in [0.1, 0.15) is 31.2 Å². The van der Waals surface area contributed by atoms with Gasteiger partial charge in [0.1, 0.15) is 0 Å². The molecule has 1 saturated heterocycles. The standard InChI is InChI=1S/C26H30N2O/c29-26(27-25-12-6-10-23-9-4-5-11-24(23)25)17-20-28-18-15-22(16-19-28)14-13-21-7-2-1-3-8-21/h1-12,22H,13-20H2,(H,27,29). The number of piperidine rings is 1. The predicted octanol–water partition coefficient (Wildman–Crippen LogP) is 5.51. The molecule has 0 radical (unpaired) electrons. The fraction of sp³-hybridized carbons (Fsp3) is 0.346. The van der Waals surface area contributed by atoms with Crippen molar-refractivity contribution in [2.45, 2.75) is 32.1 Å². The van der Waals surface area contributed by atoms with Crippen molar-refractivity contribution in [3.8, 4) is 0 Å². The molecule has 0 bridgehead atoms. The molecular weight excluding hydrogens is 356 g/mol. The number of hydrogen-bond acceptors (Lipinski definition) is 2. The number of likely N-dealkylation sites (tertiary alicyclic amines) is 1. The molecule has 0 aromatic heterocycles. The Morgan fingerprint density at radius 2 is 1.62 bits per heavy atom. The molecular formula is C26H30N2O. The second-order valence-corrected chi connectivity index (χ2v) is 8.13. The predicted molar refractivity (Wildman–Crippen MR) is 121 cm³/mol. The van der Waals surface area contributed by atoms with E-state index < -0.39 is 0 Å². The molecule has 1 aliphatic heterocycles. The van der Waals surface area contributed by atoms with Crippen molar-refractivity contribution in [2.24, 2.45) is 5.92 Å². The summed E-state index contributed by atoms with van der Waals surface area (Å²) in [4.78, 5) is 14.9. The van der Waals surface area contributed by atoms with Gasteiger partial charge in [0.05, 0.1) is 0 Å². The van der Waals surface area contributed by atoms with Crippen LogP contribution in [0.2, 0.25) is 0 Å². The molecule has 1 amide bonds. The number of aryl methyl sites for hydroxylation is 1. The Hall–Kier alpha value is -2.65. The smallest absolute Gasteiger partial charge is 0.225 e. The minimum atomic E-state index is 0.104. The summed E-state index contributed by atoms with van der Waals surface area (Å²) in [5, 5.41) is 5.36. The third kappa shape index (κ3) is 5.45. The Labute approximate surface area is 173 Å². The Morgan fingerprint density at radius 1 is 0.897 bits per heavy atom. The minimum absolute atomic E-state index is 0.104. The Balaban J connectivity index is 1.19. The highest BCUT2D eigenvalue weighted by molar-refractivity contribution is 6.02. The van der Waals surface area contributed by atoms with E-state index in [1.54, 1.807) is 0 Å². The van der Waals surface area contributed by atoms with E-state index in [9.17, 15) is 4.79 Å². The lowest BCUT2D eigenvalue weighted by atomic mass is 9.90. The molecule has 0 unspecified atom stereocenters. The summed E-state index contributed by atoms with van der Waals surface area (Å²) in [7, 11) is 0. The van der Waals surface area contributed by atoms with Crippen LogP contribution in [0.15, 0.2) is 72.8 Å². The first kappa shape index (κ1) is 19.7. The van der Waals surface area contributed by atoms with Crippen LogP contribution in [0.4, 0.5) is 5.69 Å². The third-order valence-corrected chi connectivity index (χ3v) is 6.11. The molecule has 1 N–H and O–H groups in total. The van der Waals surface area contributed by atoms with Gasteiger partial charge in [-0.1, -0.05) is 66.7 Å². The Bertz CT molecular complexity index is 924. The normalized spacial score (nSPS) is 15.4. The van der Waals surface area contributed by atoms with Crippen molar-refractivity contribution >= 4 is 22.4 Å². The van der Waals surface area contributed by atoms with Gasteiger partial charge >= 0.3 is 0 Å². The molecule has 1 heterocycles. The first-order valence-electron chi connectivity index (χ1n) is 10.8. The van der Waals surface area contributed by atoms with E-state index >= 15 is 0 Å². The fourth-order valence-corrected chi connectivity index (χ4v) is 4.32. The van der Waals surface area contributed by atoms with E-state index in [0.717, 1.165) is 42.0 Å². The van der Waals surface area contributed by atoms with E-state index in [4.69, 9.17) is 0 Å². The van der Waals surface area contributed by atoms with Crippen molar-refractivity contribution in [2.75, 3.05) is 25.0 Å². The summed E-state index contributed by atoms with van der Waals surface area (Å²) in [6, 6.07) is 25.0. The number of carbonyl (C=O) groups excluding carboxylic acids is 1. The van der Waals surface area contributed by atoms with E-state index in [2.05, 4.69) is 58.7 Å². The van der Waals surface area contributed by atoms with Gasteiger partial charge in [0.25, 0.3) is 0 Å². The van der Waals surface area contributed by atoms with Crippen molar-refractivity contribution in [3.63, 3.8) is 0 Å². The molecule has 3 aromatic carbocycles. The summed E-state index contributed by atoms with van der Waals surface area (Å²) < 4.78 is 0. The van der Waals surface area contributed by atoms with Gasteiger partial charge in [-0.15, -0.1) is 0 Å². The highest BCUT2D eigenvalue weighted by Gasteiger charge is 2.19. The van der Waals surface area contributed by atoms with Crippen LogP contribution in [-0.4, -0.2) is 30.4 Å². The number of nitrogens with one attached hydrogen (secondary N) is 1. The zero-order valence-corrected chi connectivity index (χ0v) is 17.0. The Kier molecular flexibility index (Phi) is 6.58. The van der Waals surface area contributed by atoms with Gasteiger partial charge in [0, 0.05) is 24.0 Å². The van der Waals surface area contributed by atoms with Crippen LogP contribution in [-0.2, 0) is 11.2 Å². The van der Waals surface area contributed by atoms with E-state index in [1.165, 1.54) is 31.2 Å². The number of anilines is 1. The zero-order chi connectivity index (χ0) is 19.9. The number of benzene rings is 3. The highest BCUT2D eigenvalue weighted by atomic mass is 16.1. The molecule has 3 aromatic rings. The lowest BCUT2D eigenvalue weighted by Crippen LogP contribution is -2.35. The molecule has 4 rings (SSSR count). The average molecular weight is 387 g/mol. The van der Waals surface area contributed by atoms with Gasteiger partial charge in [0.2, 0.25) is 5.91 Å². The number of nitrogens with zero attached hydrogens (tertiary/aromatic N) is 1. The summed E-state index contributed by atoms with van der Waals surface area (Å²) in [6.07, 6.45) is 5.51. The van der Waals surface area contributed by atoms with Gasteiger partial charge in [-0.25, -0.2) is 0 Å². The molecule has 1 fully saturated rings. The number of fused-ring (bicyclic) bond motifs is 1. The van der Waals surface area contributed by atoms with Crippen LogP contribution in [0, 0.1) is 5.92 Å². The molecule has 0 aliphatic carbocycles. The summed E-state index contributed by atoms with van der Waals surface area (Å²) in [5.74, 6) is 0.920. The van der Waals surface area contributed by atoms with E-state index in [0.29, 0.717) is 6.42 Å². The number of hydrogen-bond donors (Lipinski definition) is 1. The zero-order valence-electron chi connectivity index (χ0n) is 17.0. The van der Waals surface area contributed by atoms with E-state index in [1.807, 2.05) is 24.3 Å². The van der Waals surface area contributed by atoms with Crippen LogP contribution in [0.25, 0.3) is 10.8 Å². The molecule has 3 nitrogen and oxygen atoms in total. The summed E-state index contributed by atoms with van der Waals surface area (Å²) in [5.41, 5.74) is 2.35. The first-order chi connectivity index (χ1) is 14.3. The average Bonchev–Trinajstić information content (AvgIpc) is 2.78. The molecule has 29 heavy (non-hydrogen) atoms. The first-order valence-corrected chi connectivity index (χ1v) is 10.8. The van der Waals surface area contributed by atoms with Crippen molar-refractivity contribution in [1.29, 1.82) is 0 Å². The Morgan fingerprint density at radius 3 is 2.45 bits per heavy atom. The molecule has 0 atom stereocenters. The quantitative estimate of drug-likeness (QED) is 0.580. The van der Waals surface area contributed by atoms with Gasteiger partial charge in [-0.3, -0.25) is 4.79 Å². The molecule has 3 heteroatoms. The summed E-state index contributed by atoms with van der Waals surface area (Å²) >= 11 is 0. The van der Waals surface area contributed by atoms with Crippen LogP contribution >= 0.6 is 0 Å². The van der Waals surface area contributed by atoms with Gasteiger partial charge in [-0.2, -0.15) is 0 Å². The van der Waals surface area contributed by atoms with Crippen molar-refractivity contribution in [1.82, 2.24) is 4.90 Å². The maximum Gasteiger partial charge on any atom is 0.225 e. The van der Waals surface area contributed by atoms with Gasteiger partial charge < -0.3 is 10.2 Å². The monoisotopic (exact) mass is 386 g/mol. The number of rotatable bonds is 7.